The average molecular weight is 200 g/mol. The lowest BCUT2D eigenvalue weighted by Crippen LogP contribution is -2.08. The molecule has 0 aliphatic carbocycles. The predicted molar refractivity (Wildman–Crippen MR) is 42.8 cm³/mol. The van der Waals surface area contributed by atoms with Gasteiger partial charge < -0.3 is 4.31 Å². The van der Waals surface area contributed by atoms with Gasteiger partial charge >= 0.3 is 0 Å². The molecule has 0 aromatic heterocycles. The third kappa shape index (κ3) is 3.32. The van der Waals surface area contributed by atoms with Crippen molar-refractivity contribution in [3.05, 3.63) is 0 Å². The molecule has 0 radical (unpaired) electrons. The molecule has 0 aliphatic rings. The van der Waals surface area contributed by atoms with Crippen molar-refractivity contribution in [2.45, 2.75) is 0 Å². The molecule has 0 rings (SSSR count). The van der Waals surface area contributed by atoms with Gasteiger partial charge in [-0.05, 0) is 15.9 Å². The Morgan fingerprint density at radius 3 is 2.29 bits per heavy atom. The van der Waals surface area contributed by atoms with Crippen LogP contribution >= 0.6 is 40.1 Å². The Bertz CT molecular complexity index is 75.3. The van der Waals surface area contributed by atoms with Gasteiger partial charge in [-0.2, -0.15) is 0 Å². The Labute approximate surface area is 61.7 Å². The lowest BCUT2D eigenvalue weighted by molar-refractivity contribution is 0.887. The summed E-state index contributed by atoms with van der Waals surface area (Å²) in [5, 5.41) is 0. The highest BCUT2D eigenvalue weighted by atomic mass is 79.9. The quantitative estimate of drug-likeness (QED) is 0.275. The van der Waals surface area contributed by atoms with E-state index in [4.69, 9.17) is 12.2 Å². The first kappa shape index (κ1) is 7.72. The number of thiocarbonyl (C=S) groups is 1. The first-order valence-electron chi connectivity index (χ1n) is 1.65. The van der Waals surface area contributed by atoms with Crippen LogP contribution in [0, 0.1) is 0 Å². The van der Waals surface area contributed by atoms with Gasteiger partial charge in [0.2, 0.25) is 0 Å². The highest BCUT2D eigenvalue weighted by Crippen LogP contribution is 2.05. The minimum Gasteiger partial charge on any atom is -0.304 e. The molecule has 0 N–H and O–H groups in total. The van der Waals surface area contributed by atoms with Crippen LogP contribution in [-0.4, -0.2) is 21.5 Å². The van der Waals surface area contributed by atoms with E-state index in [1.165, 1.54) is 0 Å². The standard InChI is InChI=1S/C3H6BrNS2/c1-5(7-2)3(4)6/h1-2H3. The third-order valence-electron chi connectivity index (χ3n) is 0.521. The first-order valence-corrected chi connectivity index (χ1v) is 4.04. The van der Waals surface area contributed by atoms with Crippen LogP contribution < -0.4 is 0 Å². The van der Waals surface area contributed by atoms with Crippen LogP contribution in [0.2, 0.25) is 0 Å². The van der Waals surface area contributed by atoms with Gasteiger partial charge in [-0.25, -0.2) is 0 Å². The lowest BCUT2D eigenvalue weighted by Gasteiger charge is -2.08. The van der Waals surface area contributed by atoms with Crippen LogP contribution in [0.25, 0.3) is 0 Å². The molecule has 0 aromatic rings. The van der Waals surface area contributed by atoms with Crippen molar-refractivity contribution >= 4 is 44.0 Å². The monoisotopic (exact) mass is 199 g/mol. The van der Waals surface area contributed by atoms with Crippen LogP contribution in [0.4, 0.5) is 0 Å². The van der Waals surface area contributed by atoms with Gasteiger partial charge in [0.1, 0.15) is 0 Å². The summed E-state index contributed by atoms with van der Waals surface area (Å²) in [6.07, 6.45) is 1.97. The fraction of sp³-hybridized carbons (Fsp3) is 0.667. The van der Waals surface area contributed by atoms with Gasteiger partial charge in [-0.3, -0.25) is 0 Å². The Kier molecular flexibility index (Phi) is 4.07. The molecule has 0 unspecified atom stereocenters. The van der Waals surface area contributed by atoms with E-state index in [-0.39, 0.29) is 0 Å². The van der Waals surface area contributed by atoms with Crippen LogP contribution in [0.3, 0.4) is 0 Å². The van der Waals surface area contributed by atoms with E-state index in [1.54, 1.807) is 11.9 Å². The van der Waals surface area contributed by atoms with Crippen molar-refractivity contribution in [2.75, 3.05) is 13.3 Å². The van der Waals surface area contributed by atoms with E-state index in [0.29, 0.717) is 0 Å². The minimum absolute atomic E-state index is 0.736. The van der Waals surface area contributed by atoms with Crippen molar-refractivity contribution in [3.8, 4) is 0 Å². The van der Waals surface area contributed by atoms with E-state index in [9.17, 15) is 0 Å². The van der Waals surface area contributed by atoms with E-state index in [2.05, 4.69) is 15.9 Å². The molecule has 0 bridgehead atoms. The second-order valence-corrected chi connectivity index (χ2v) is 3.51. The lowest BCUT2D eigenvalue weighted by atomic mass is 11.3. The molecule has 0 spiro atoms. The summed E-state index contributed by atoms with van der Waals surface area (Å²) < 4.78 is 2.59. The van der Waals surface area contributed by atoms with Gasteiger partial charge in [0.25, 0.3) is 0 Å². The Morgan fingerprint density at radius 2 is 2.29 bits per heavy atom. The van der Waals surface area contributed by atoms with Crippen LogP contribution in [0.5, 0.6) is 0 Å². The first-order chi connectivity index (χ1) is 3.18. The molecule has 1 nitrogen and oxygen atoms in total. The smallest absolute Gasteiger partial charge is 0.155 e. The molecule has 0 heterocycles. The Balaban J connectivity index is 3.34. The second-order valence-electron chi connectivity index (χ2n) is 0.933. The van der Waals surface area contributed by atoms with Crippen molar-refractivity contribution < 1.29 is 0 Å². The van der Waals surface area contributed by atoms with Gasteiger partial charge in [-0.1, -0.05) is 24.2 Å². The van der Waals surface area contributed by atoms with E-state index < -0.39 is 0 Å². The minimum atomic E-state index is 0.736. The van der Waals surface area contributed by atoms with E-state index in [0.717, 1.165) is 3.90 Å². The molecular weight excluding hydrogens is 194 g/mol. The summed E-state index contributed by atoms with van der Waals surface area (Å²) in [7, 11) is 1.90. The predicted octanol–water partition coefficient (Wildman–Crippen LogP) is 1.88. The summed E-state index contributed by atoms with van der Waals surface area (Å²) in [5.74, 6) is 0. The van der Waals surface area contributed by atoms with Crippen molar-refractivity contribution in [1.29, 1.82) is 0 Å². The summed E-state index contributed by atoms with van der Waals surface area (Å²) in [6.45, 7) is 0. The SMILES string of the molecule is CSN(C)C(=S)Br. The summed E-state index contributed by atoms with van der Waals surface area (Å²) in [4.78, 5) is 0. The van der Waals surface area contributed by atoms with Crippen LogP contribution in [0.1, 0.15) is 0 Å². The summed E-state index contributed by atoms with van der Waals surface area (Å²) in [6, 6.07) is 0. The fourth-order valence-electron chi connectivity index (χ4n) is 0.0718. The number of hydrogen-bond acceptors (Lipinski definition) is 2. The maximum absolute atomic E-state index is 4.74. The molecular formula is C3H6BrNS2. The average Bonchev–Trinajstić information content (AvgIpc) is 1.65. The maximum Gasteiger partial charge on any atom is 0.155 e. The third-order valence-corrected chi connectivity index (χ3v) is 2.41. The highest BCUT2D eigenvalue weighted by molar-refractivity contribution is 9.20. The zero-order valence-electron chi connectivity index (χ0n) is 4.14. The molecule has 0 saturated heterocycles. The zero-order chi connectivity index (χ0) is 5.86. The van der Waals surface area contributed by atoms with Crippen molar-refractivity contribution in [2.24, 2.45) is 0 Å². The van der Waals surface area contributed by atoms with Crippen molar-refractivity contribution in [1.82, 2.24) is 4.31 Å². The topological polar surface area (TPSA) is 3.24 Å². The van der Waals surface area contributed by atoms with E-state index in [1.807, 2.05) is 17.6 Å². The zero-order valence-corrected chi connectivity index (χ0v) is 7.36. The summed E-state index contributed by atoms with van der Waals surface area (Å²) >= 11 is 9.45. The molecule has 0 aromatic carbocycles. The molecule has 0 aliphatic heterocycles. The number of nitrogens with zero attached hydrogens (tertiary/aromatic N) is 1. The molecule has 7 heavy (non-hydrogen) atoms. The summed E-state index contributed by atoms with van der Waals surface area (Å²) in [5.41, 5.74) is 0. The number of hydrogen-bond donors (Lipinski definition) is 0. The Hall–Kier alpha value is 0.720. The molecule has 42 valence electrons. The van der Waals surface area contributed by atoms with Crippen LogP contribution in [-0.2, 0) is 0 Å². The van der Waals surface area contributed by atoms with Crippen molar-refractivity contribution in [3.63, 3.8) is 0 Å². The molecule has 0 saturated carbocycles. The van der Waals surface area contributed by atoms with Crippen LogP contribution in [0.15, 0.2) is 0 Å². The largest absolute Gasteiger partial charge is 0.304 e. The molecule has 0 fully saturated rings. The molecule has 0 atom stereocenters. The number of halogens is 1. The van der Waals surface area contributed by atoms with Gasteiger partial charge in [0.05, 0.1) is 0 Å². The van der Waals surface area contributed by atoms with Gasteiger partial charge in [-0.15, -0.1) is 0 Å². The molecule has 4 heteroatoms. The second kappa shape index (κ2) is 3.69. The highest BCUT2D eigenvalue weighted by Gasteiger charge is 1.92. The number of rotatable bonds is 1. The maximum atomic E-state index is 4.74. The molecule has 0 amide bonds. The van der Waals surface area contributed by atoms with E-state index >= 15 is 0 Å². The van der Waals surface area contributed by atoms with Gasteiger partial charge in [0, 0.05) is 13.3 Å². The fourth-order valence-corrected chi connectivity index (χ4v) is 0.873. The van der Waals surface area contributed by atoms with Gasteiger partial charge in [0.15, 0.2) is 3.90 Å². The normalized spacial score (nSPS) is 8.43. The Morgan fingerprint density at radius 1 is 1.86 bits per heavy atom.